The van der Waals surface area contributed by atoms with E-state index in [1.54, 1.807) is 0 Å². The number of Topliss-reactive ketones (excluding diaryl/α,β-unsaturated/α-hetero) is 1. The maximum atomic E-state index is 12.9. The van der Waals surface area contributed by atoms with Crippen LogP contribution in [0.4, 0.5) is 13.2 Å². The molecular weight excluding hydrogens is 313 g/mol. The lowest BCUT2D eigenvalue weighted by molar-refractivity contribution is -0.142. The van der Waals surface area contributed by atoms with Crippen LogP contribution < -0.4 is 0 Å². The molecule has 0 radical (unpaired) electrons. The van der Waals surface area contributed by atoms with Gasteiger partial charge in [-0.15, -0.1) is 0 Å². The third-order valence-corrected chi connectivity index (χ3v) is 3.48. The summed E-state index contributed by atoms with van der Waals surface area (Å²) in [6.45, 7) is 0.169. The molecule has 1 fully saturated rings. The largest absolute Gasteiger partial charge is 0.416 e. The molecular formula is C12H10BrF3O2. The van der Waals surface area contributed by atoms with Crippen LogP contribution in [0.5, 0.6) is 0 Å². The summed E-state index contributed by atoms with van der Waals surface area (Å²) in [6.07, 6.45) is -5.02. The number of benzene rings is 1. The summed E-state index contributed by atoms with van der Waals surface area (Å²) in [4.78, 5) is 11.3. The first-order valence-electron chi connectivity index (χ1n) is 5.38. The van der Waals surface area contributed by atoms with Gasteiger partial charge in [0.1, 0.15) is 5.78 Å². The Morgan fingerprint density at radius 2 is 2.06 bits per heavy atom. The van der Waals surface area contributed by atoms with Crippen molar-refractivity contribution in [2.45, 2.75) is 25.1 Å². The third kappa shape index (κ3) is 2.75. The van der Waals surface area contributed by atoms with Crippen LogP contribution in [0.25, 0.3) is 0 Å². The van der Waals surface area contributed by atoms with Crippen molar-refractivity contribution in [2.24, 2.45) is 0 Å². The number of ether oxygens (including phenoxy) is 1. The zero-order valence-corrected chi connectivity index (χ0v) is 10.8. The summed E-state index contributed by atoms with van der Waals surface area (Å²) < 4.78 is 44.4. The Balaban J connectivity index is 2.45. The van der Waals surface area contributed by atoms with Gasteiger partial charge in [0, 0.05) is 22.9 Å². The Bertz CT molecular complexity index is 471. The van der Waals surface area contributed by atoms with Crippen LogP contribution in [-0.2, 0) is 15.7 Å². The molecule has 1 atom stereocenters. The highest BCUT2D eigenvalue weighted by molar-refractivity contribution is 9.10. The van der Waals surface area contributed by atoms with Gasteiger partial charge < -0.3 is 4.74 Å². The first-order chi connectivity index (χ1) is 8.39. The van der Waals surface area contributed by atoms with E-state index in [-0.39, 0.29) is 30.8 Å². The zero-order chi connectivity index (χ0) is 13.3. The van der Waals surface area contributed by atoms with Crippen molar-refractivity contribution in [3.05, 3.63) is 33.8 Å². The Morgan fingerprint density at radius 1 is 1.33 bits per heavy atom. The molecule has 0 aromatic heterocycles. The number of rotatable bonds is 1. The van der Waals surface area contributed by atoms with Crippen LogP contribution in [0.2, 0.25) is 0 Å². The molecule has 0 saturated carbocycles. The van der Waals surface area contributed by atoms with E-state index in [1.807, 2.05) is 0 Å². The van der Waals surface area contributed by atoms with Crippen molar-refractivity contribution in [1.82, 2.24) is 0 Å². The van der Waals surface area contributed by atoms with Crippen molar-refractivity contribution in [2.75, 3.05) is 6.61 Å². The van der Waals surface area contributed by atoms with Crippen molar-refractivity contribution in [3.63, 3.8) is 0 Å². The van der Waals surface area contributed by atoms with Crippen molar-refractivity contribution in [1.29, 1.82) is 0 Å². The molecule has 1 unspecified atom stereocenters. The van der Waals surface area contributed by atoms with Gasteiger partial charge in [-0.05, 0) is 12.1 Å². The van der Waals surface area contributed by atoms with Gasteiger partial charge >= 0.3 is 6.18 Å². The minimum atomic E-state index is -4.46. The van der Waals surface area contributed by atoms with Gasteiger partial charge in [-0.1, -0.05) is 22.0 Å². The normalized spacial score (nSPS) is 21.1. The van der Waals surface area contributed by atoms with E-state index < -0.39 is 17.8 Å². The molecule has 1 saturated heterocycles. The minimum absolute atomic E-state index is 0.00824. The predicted molar refractivity (Wildman–Crippen MR) is 62.1 cm³/mol. The molecule has 6 heteroatoms. The van der Waals surface area contributed by atoms with Crippen LogP contribution in [0.1, 0.15) is 30.1 Å². The summed E-state index contributed by atoms with van der Waals surface area (Å²) in [7, 11) is 0. The number of hydrogen-bond donors (Lipinski definition) is 0. The molecule has 2 nitrogen and oxygen atoms in total. The summed E-state index contributed by atoms with van der Waals surface area (Å²) in [6, 6.07) is 3.84. The monoisotopic (exact) mass is 322 g/mol. The average Bonchev–Trinajstić information content (AvgIpc) is 2.27. The Kier molecular flexibility index (Phi) is 3.77. The lowest BCUT2D eigenvalue weighted by Crippen LogP contribution is -2.22. The maximum Gasteiger partial charge on any atom is 0.416 e. The lowest BCUT2D eigenvalue weighted by Gasteiger charge is -2.26. The molecule has 0 N–H and O–H groups in total. The first kappa shape index (κ1) is 13.5. The third-order valence-electron chi connectivity index (χ3n) is 2.79. The van der Waals surface area contributed by atoms with Crippen LogP contribution in [0.3, 0.4) is 0 Å². The smallest absolute Gasteiger partial charge is 0.373 e. The molecule has 1 aromatic rings. The van der Waals surface area contributed by atoms with E-state index in [9.17, 15) is 18.0 Å². The van der Waals surface area contributed by atoms with Gasteiger partial charge in [-0.25, -0.2) is 0 Å². The Morgan fingerprint density at radius 3 is 2.67 bits per heavy atom. The zero-order valence-electron chi connectivity index (χ0n) is 9.26. The molecule has 0 aliphatic carbocycles. The predicted octanol–water partition coefficient (Wildman–Crippen LogP) is 3.89. The lowest BCUT2D eigenvalue weighted by atomic mass is 9.96. The van der Waals surface area contributed by atoms with Gasteiger partial charge in [-0.3, -0.25) is 4.79 Å². The summed E-state index contributed by atoms with van der Waals surface area (Å²) in [5.74, 6) is -0.0740. The minimum Gasteiger partial charge on any atom is -0.373 e. The molecule has 98 valence electrons. The highest BCUT2D eigenvalue weighted by Crippen LogP contribution is 2.41. The molecule has 0 spiro atoms. The van der Waals surface area contributed by atoms with Gasteiger partial charge in [0.2, 0.25) is 0 Å². The number of halogens is 4. The quantitative estimate of drug-likeness (QED) is 0.784. The molecule has 18 heavy (non-hydrogen) atoms. The Hall–Kier alpha value is -0.880. The van der Waals surface area contributed by atoms with E-state index >= 15 is 0 Å². The van der Waals surface area contributed by atoms with E-state index in [0.29, 0.717) is 4.47 Å². The van der Waals surface area contributed by atoms with Crippen molar-refractivity contribution >= 4 is 21.7 Å². The van der Waals surface area contributed by atoms with E-state index in [1.165, 1.54) is 12.1 Å². The van der Waals surface area contributed by atoms with Gasteiger partial charge in [0.15, 0.2) is 0 Å². The molecule has 0 amide bonds. The second-order valence-corrected chi connectivity index (χ2v) is 4.91. The van der Waals surface area contributed by atoms with Crippen LogP contribution in [0.15, 0.2) is 22.7 Å². The first-order valence-corrected chi connectivity index (χ1v) is 6.18. The van der Waals surface area contributed by atoms with Crippen molar-refractivity contribution < 1.29 is 22.7 Å². The molecule has 1 aliphatic heterocycles. The fraction of sp³-hybridized carbons (Fsp3) is 0.417. The standard InChI is InChI=1S/C12H10BrF3O2/c13-9-3-1-2-8(12(14,15)16)11(9)10-6-7(17)4-5-18-10/h1-3,10H,4-6H2. The van der Waals surface area contributed by atoms with Crippen LogP contribution >= 0.6 is 15.9 Å². The second-order valence-electron chi connectivity index (χ2n) is 4.05. The number of hydrogen-bond acceptors (Lipinski definition) is 2. The Labute approximate surface area is 110 Å². The van der Waals surface area contributed by atoms with Gasteiger partial charge in [-0.2, -0.15) is 13.2 Å². The van der Waals surface area contributed by atoms with E-state index in [0.717, 1.165) is 6.07 Å². The number of carbonyl (C=O) groups excluding carboxylic acids is 1. The highest BCUT2D eigenvalue weighted by atomic mass is 79.9. The molecule has 1 aliphatic rings. The highest BCUT2D eigenvalue weighted by Gasteiger charge is 2.37. The molecule has 0 bridgehead atoms. The molecule has 1 aromatic carbocycles. The van der Waals surface area contributed by atoms with Crippen LogP contribution in [0, 0.1) is 0 Å². The fourth-order valence-corrected chi connectivity index (χ4v) is 2.60. The number of ketones is 1. The number of carbonyl (C=O) groups is 1. The summed E-state index contributed by atoms with van der Waals surface area (Å²) >= 11 is 3.10. The van der Waals surface area contributed by atoms with Crippen molar-refractivity contribution in [3.8, 4) is 0 Å². The SMILES string of the molecule is O=C1CCOC(c2c(Br)cccc2C(F)(F)F)C1. The topological polar surface area (TPSA) is 26.3 Å². The average molecular weight is 323 g/mol. The molecule has 2 rings (SSSR count). The van der Waals surface area contributed by atoms with E-state index in [2.05, 4.69) is 15.9 Å². The van der Waals surface area contributed by atoms with E-state index in [4.69, 9.17) is 4.74 Å². The summed E-state index contributed by atoms with van der Waals surface area (Å²) in [5, 5.41) is 0. The summed E-state index contributed by atoms with van der Waals surface area (Å²) in [5.41, 5.74) is -0.741. The maximum absolute atomic E-state index is 12.9. The fourth-order valence-electron chi connectivity index (χ4n) is 1.98. The van der Waals surface area contributed by atoms with Crippen LogP contribution in [-0.4, -0.2) is 12.4 Å². The molecule has 1 heterocycles. The van der Waals surface area contributed by atoms with Gasteiger partial charge in [0.25, 0.3) is 0 Å². The van der Waals surface area contributed by atoms with Gasteiger partial charge in [0.05, 0.1) is 18.3 Å². The second kappa shape index (κ2) is 5.01. The number of alkyl halides is 3.